The molecule has 47 heavy (non-hydrogen) atoms. The second-order valence-electron chi connectivity index (χ2n) is 12.4. The second kappa shape index (κ2) is 14.4. The molecule has 0 aliphatic carbocycles. The lowest BCUT2D eigenvalue weighted by Gasteiger charge is -2.26. The number of carbonyl (C=O) groups is 1. The number of hydrogen-bond donors (Lipinski definition) is 3. The molecule has 252 valence electrons. The molecule has 5 rings (SSSR count). The summed E-state index contributed by atoms with van der Waals surface area (Å²) in [5.41, 5.74) is 4.90. The van der Waals surface area contributed by atoms with Crippen molar-refractivity contribution < 1.29 is 27.2 Å². The van der Waals surface area contributed by atoms with E-state index < -0.39 is 10.1 Å². The Morgan fingerprint density at radius 3 is 2.57 bits per heavy atom. The first-order valence-electron chi connectivity index (χ1n) is 14.9. The van der Waals surface area contributed by atoms with Crippen molar-refractivity contribution in [2.75, 3.05) is 69.7 Å². The van der Waals surface area contributed by atoms with Gasteiger partial charge in [0, 0.05) is 61.5 Å². The van der Waals surface area contributed by atoms with E-state index in [1.807, 2.05) is 51.5 Å². The molecule has 0 saturated carbocycles. The average molecular weight is 666 g/mol. The Labute approximate surface area is 276 Å². The molecule has 0 bridgehead atoms. The summed E-state index contributed by atoms with van der Waals surface area (Å²) < 4.78 is 40.1. The van der Waals surface area contributed by atoms with Crippen LogP contribution in [0.15, 0.2) is 61.4 Å². The van der Waals surface area contributed by atoms with Gasteiger partial charge in [0.25, 0.3) is 10.1 Å². The zero-order valence-corrected chi connectivity index (χ0v) is 28.7. The van der Waals surface area contributed by atoms with E-state index in [1.54, 1.807) is 13.3 Å². The molecule has 13 nitrogen and oxygen atoms in total. The molecule has 0 fully saturated rings. The van der Waals surface area contributed by atoms with Crippen LogP contribution in [-0.2, 0) is 21.5 Å². The Hall–Kier alpha value is -4.66. The number of benzene rings is 2. The van der Waals surface area contributed by atoms with Crippen molar-refractivity contribution in [1.82, 2.24) is 19.4 Å². The molecule has 3 N–H and O–H groups in total. The van der Waals surface area contributed by atoms with Crippen LogP contribution < -0.4 is 25.0 Å². The lowest BCUT2D eigenvalue weighted by Crippen LogP contribution is -2.29. The van der Waals surface area contributed by atoms with Crippen molar-refractivity contribution in [1.29, 1.82) is 0 Å². The molecule has 0 spiro atoms. The van der Waals surface area contributed by atoms with Crippen molar-refractivity contribution in [2.24, 2.45) is 5.41 Å². The molecule has 0 unspecified atom stereocenters. The quantitative estimate of drug-likeness (QED) is 0.157. The van der Waals surface area contributed by atoms with Crippen molar-refractivity contribution >= 4 is 49.9 Å². The van der Waals surface area contributed by atoms with Gasteiger partial charge < -0.3 is 34.5 Å². The molecule has 0 saturated heterocycles. The van der Waals surface area contributed by atoms with Gasteiger partial charge >= 0.3 is 0 Å². The number of nitrogens with one attached hydrogen (secondary N) is 2. The molecule has 4 aromatic rings. The maximum atomic E-state index is 12.3. The summed E-state index contributed by atoms with van der Waals surface area (Å²) in [4.78, 5) is 25.9. The predicted molar refractivity (Wildman–Crippen MR) is 187 cm³/mol. The number of anilines is 4. The van der Waals surface area contributed by atoms with Crippen LogP contribution in [0.4, 0.5) is 23.0 Å². The molecule has 2 aromatic heterocycles. The standard InChI is InChI=1S/C32H39N7O3.CH4O3S/c1-8-29(40)34-24-16-25(28(41-7)17-26(24)38(6)15-14-37(4)5)36-31-33-13-12-23(35-31)22-18-39-19-32(2,3)20-42-27-11-9-10-21(22)30(27)39;1-5(2,3)4/h8-13,16-18H,1,14-15,19-20H2,2-7H3,(H,34,40)(H,33,35,36);1H3,(H,2,3,4). The van der Waals surface area contributed by atoms with Crippen molar-refractivity contribution in [3.63, 3.8) is 0 Å². The number of hydrogen-bond acceptors (Lipinski definition) is 10. The van der Waals surface area contributed by atoms with E-state index in [2.05, 4.69) is 62.7 Å². The van der Waals surface area contributed by atoms with Gasteiger partial charge in [-0.1, -0.05) is 32.6 Å². The molecular weight excluding hydrogens is 622 g/mol. The molecule has 1 amide bonds. The van der Waals surface area contributed by atoms with Gasteiger partial charge in [-0.25, -0.2) is 9.97 Å². The normalized spacial score (nSPS) is 13.6. The van der Waals surface area contributed by atoms with Gasteiger partial charge in [-0.3, -0.25) is 9.35 Å². The number of likely N-dealkylation sites (N-methyl/N-ethyl adjacent to an activating group) is 2. The number of aromatic nitrogens is 3. The highest BCUT2D eigenvalue weighted by Crippen LogP contribution is 2.40. The monoisotopic (exact) mass is 665 g/mol. The van der Waals surface area contributed by atoms with Crippen LogP contribution >= 0.6 is 0 Å². The molecule has 14 heteroatoms. The van der Waals surface area contributed by atoms with Gasteiger partial charge in [0.15, 0.2) is 0 Å². The third kappa shape index (κ3) is 9.21. The first kappa shape index (κ1) is 35.2. The van der Waals surface area contributed by atoms with E-state index >= 15 is 0 Å². The van der Waals surface area contributed by atoms with Crippen LogP contribution in [0.3, 0.4) is 0 Å². The first-order valence-corrected chi connectivity index (χ1v) is 16.7. The van der Waals surface area contributed by atoms with Crippen molar-refractivity contribution in [3.8, 4) is 22.8 Å². The van der Waals surface area contributed by atoms with Gasteiger partial charge in [-0.2, -0.15) is 8.42 Å². The topological polar surface area (TPSA) is 151 Å². The zero-order valence-electron chi connectivity index (χ0n) is 27.9. The van der Waals surface area contributed by atoms with Crippen LogP contribution in [0.2, 0.25) is 0 Å². The number of nitrogens with zero attached hydrogens (tertiary/aromatic N) is 5. The summed E-state index contributed by atoms with van der Waals surface area (Å²) >= 11 is 0. The number of ether oxygens (including phenoxy) is 2. The van der Waals surface area contributed by atoms with E-state index in [0.717, 1.165) is 53.2 Å². The maximum absolute atomic E-state index is 12.3. The Kier molecular flexibility index (Phi) is 10.8. The minimum Gasteiger partial charge on any atom is -0.494 e. The van der Waals surface area contributed by atoms with Gasteiger partial charge in [0.1, 0.15) is 11.5 Å². The second-order valence-corrected chi connectivity index (χ2v) is 13.9. The minimum absolute atomic E-state index is 0.0113. The van der Waals surface area contributed by atoms with E-state index in [-0.39, 0.29) is 11.3 Å². The molecule has 1 aliphatic rings. The van der Waals surface area contributed by atoms with Gasteiger partial charge in [0.2, 0.25) is 11.9 Å². The number of para-hydroxylation sites is 1. The Bertz CT molecular complexity index is 1860. The molecule has 0 radical (unpaired) electrons. The molecule has 2 aromatic carbocycles. The highest BCUT2D eigenvalue weighted by Gasteiger charge is 2.27. The third-order valence-corrected chi connectivity index (χ3v) is 7.31. The van der Waals surface area contributed by atoms with Crippen LogP contribution in [0.25, 0.3) is 22.2 Å². The highest BCUT2D eigenvalue weighted by atomic mass is 32.2. The van der Waals surface area contributed by atoms with E-state index in [9.17, 15) is 13.2 Å². The van der Waals surface area contributed by atoms with E-state index in [1.165, 1.54) is 6.08 Å². The predicted octanol–water partition coefficient (Wildman–Crippen LogP) is 4.90. The number of carbonyl (C=O) groups excluding carboxylic acids is 1. The molecular formula is C33H43N7O6S. The Morgan fingerprint density at radius 1 is 1.19 bits per heavy atom. The highest BCUT2D eigenvalue weighted by molar-refractivity contribution is 7.85. The fraction of sp³-hybridized carbons (Fsp3) is 0.364. The fourth-order valence-corrected chi connectivity index (χ4v) is 5.15. The van der Waals surface area contributed by atoms with Gasteiger partial charge in [0.05, 0.1) is 48.2 Å². The largest absolute Gasteiger partial charge is 0.494 e. The van der Waals surface area contributed by atoms with Crippen LogP contribution in [0, 0.1) is 5.41 Å². The zero-order chi connectivity index (χ0) is 34.5. The van der Waals surface area contributed by atoms with Crippen LogP contribution in [0.1, 0.15) is 13.8 Å². The minimum atomic E-state index is -3.67. The molecule has 1 aliphatic heterocycles. The maximum Gasteiger partial charge on any atom is 0.261 e. The van der Waals surface area contributed by atoms with Crippen molar-refractivity contribution in [3.05, 3.63) is 61.4 Å². The number of amides is 1. The lowest BCUT2D eigenvalue weighted by atomic mass is 9.95. The molecule has 3 heterocycles. The lowest BCUT2D eigenvalue weighted by molar-refractivity contribution is -0.111. The summed E-state index contributed by atoms with van der Waals surface area (Å²) in [5.74, 6) is 1.57. The number of methoxy groups -OCH3 is 1. The SMILES string of the molecule is C=CC(=O)Nc1cc(Nc2nccc(-c3cn4c5c(cccc35)OCC(C)(C)C4)n2)c(OC)cc1N(C)CCN(C)C.CS(=O)(=O)O. The summed E-state index contributed by atoms with van der Waals surface area (Å²) in [7, 11) is 3.98. The third-order valence-electron chi connectivity index (χ3n) is 7.31. The summed E-state index contributed by atoms with van der Waals surface area (Å²) in [5, 5.41) is 7.32. The summed E-state index contributed by atoms with van der Waals surface area (Å²) in [6.07, 6.45) is 5.85. The van der Waals surface area contributed by atoms with E-state index in [4.69, 9.17) is 19.0 Å². The Morgan fingerprint density at radius 2 is 1.91 bits per heavy atom. The first-order chi connectivity index (χ1) is 22.1. The summed E-state index contributed by atoms with van der Waals surface area (Å²) in [6.45, 7) is 11.1. The molecule has 0 atom stereocenters. The smallest absolute Gasteiger partial charge is 0.261 e. The van der Waals surface area contributed by atoms with Gasteiger partial charge in [-0.05, 0) is 38.4 Å². The average Bonchev–Trinajstić information content (AvgIpc) is 3.29. The van der Waals surface area contributed by atoms with Crippen LogP contribution in [0.5, 0.6) is 11.5 Å². The van der Waals surface area contributed by atoms with Crippen molar-refractivity contribution in [2.45, 2.75) is 20.4 Å². The van der Waals surface area contributed by atoms with E-state index in [0.29, 0.717) is 35.9 Å². The van der Waals surface area contributed by atoms with Crippen LogP contribution in [-0.4, -0.2) is 92.5 Å². The summed E-state index contributed by atoms with van der Waals surface area (Å²) in [6, 6.07) is 11.8. The Balaban J connectivity index is 0.000000930. The number of rotatable bonds is 10. The fourth-order valence-electron chi connectivity index (χ4n) is 5.15. The van der Waals surface area contributed by atoms with Gasteiger partial charge in [-0.15, -0.1) is 0 Å².